The van der Waals surface area contributed by atoms with E-state index in [1.165, 1.54) is 24.3 Å². The molecule has 0 aliphatic heterocycles. The molecule has 0 fully saturated rings. The van der Waals surface area contributed by atoms with Gasteiger partial charge in [0.25, 0.3) is 0 Å². The third-order valence-electron chi connectivity index (χ3n) is 4.63. The van der Waals surface area contributed by atoms with Crippen LogP contribution in [-0.2, 0) is 19.6 Å². The molecule has 0 saturated heterocycles. The fraction of sp³-hybridized carbons (Fsp3) is 0.300. The minimum Gasteiger partial charge on any atom is -0.325 e. The first-order valence-electron chi connectivity index (χ1n) is 8.99. The van der Waals surface area contributed by atoms with Crippen LogP contribution in [0.15, 0.2) is 47.4 Å². The zero-order chi connectivity index (χ0) is 21.8. The zero-order valence-corrected chi connectivity index (χ0v) is 17.7. The van der Waals surface area contributed by atoms with Gasteiger partial charge in [-0.3, -0.25) is 14.5 Å². The molecule has 2 amide bonds. The van der Waals surface area contributed by atoms with Gasteiger partial charge in [-0.2, -0.15) is 0 Å². The van der Waals surface area contributed by atoms with Crippen LogP contribution in [0, 0.1) is 13.8 Å². The van der Waals surface area contributed by atoms with Crippen molar-refractivity contribution in [3.63, 3.8) is 0 Å². The van der Waals surface area contributed by atoms with Crippen molar-refractivity contribution in [3.8, 4) is 0 Å². The van der Waals surface area contributed by atoms with Crippen LogP contribution in [0.2, 0.25) is 0 Å². The Balaban J connectivity index is 1.95. The number of nitrogens with two attached hydrogens (primary N) is 1. The van der Waals surface area contributed by atoms with Gasteiger partial charge in [0.15, 0.2) is 0 Å². The lowest BCUT2D eigenvalue weighted by Crippen LogP contribution is -2.43. The van der Waals surface area contributed by atoms with Gasteiger partial charge in [-0.05, 0) is 63.2 Å². The Morgan fingerprint density at radius 1 is 1.03 bits per heavy atom. The van der Waals surface area contributed by atoms with Crippen LogP contribution in [0.3, 0.4) is 0 Å². The highest BCUT2D eigenvalue weighted by Gasteiger charge is 2.21. The fourth-order valence-corrected chi connectivity index (χ4v) is 3.24. The number of rotatable bonds is 7. The van der Waals surface area contributed by atoms with E-state index in [4.69, 9.17) is 5.14 Å². The quantitative estimate of drug-likeness (QED) is 0.633. The first-order chi connectivity index (χ1) is 13.5. The molecule has 0 aliphatic rings. The minimum absolute atomic E-state index is 0.0344. The van der Waals surface area contributed by atoms with Crippen molar-refractivity contribution in [1.82, 2.24) is 4.90 Å². The molecule has 0 saturated carbocycles. The van der Waals surface area contributed by atoms with Crippen molar-refractivity contribution >= 4 is 33.2 Å². The van der Waals surface area contributed by atoms with Crippen molar-refractivity contribution in [1.29, 1.82) is 0 Å². The first-order valence-corrected chi connectivity index (χ1v) is 10.5. The molecule has 4 N–H and O–H groups in total. The third kappa shape index (κ3) is 6.11. The molecule has 2 aromatic carbocycles. The molecule has 9 heteroatoms. The van der Waals surface area contributed by atoms with Crippen LogP contribution in [-0.4, -0.2) is 44.8 Å². The Hall–Kier alpha value is -2.75. The molecule has 0 radical (unpaired) electrons. The Morgan fingerprint density at radius 3 is 2.10 bits per heavy atom. The maximum Gasteiger partial charge on any atom is 0.241 e. The lowest BCUT2D eigenvalue weighted by atomic mass is 10.1. The number of likely N-dealkylation sites (N-methyl/N-ethyl adjacent to an activating group) is 1. The van der Waals surface area contributed by atoms with Crippen molar-refractivity contribution in [2.75, 3.05) is 24.2 Å². The summed E-state index contributed by atoms with van der Waals surface area (Å²) in [6.07, 6.45) is 0. The monoisotopic (exact) mass is 418 g/mol. The van der Waals surface area contributed by atoms with Crippen LogP contribution in [0.25, 0.3) is 0 Å². The van der Waals surface area contributed by atoms with Gasteiger partial charge in [0, 0.05) is 11.4 Å². The summed E-state index contributed by atoms with van der Waals surface area (Å²) in [5.41, 5.74) is 3.14. The van der Waals surface area contributed by atoms with Crippen molar-refractivity contribution in [2.24, 2.45) is 5.14 Å². The number of anilines is 2. The summed E-state index contributed by atoms with van der Waals surface area (Å²) < 4.78 is 22.6. The molecule has 0 heterocycles. The molecule has 0 aromatic heterocycles. The molecular weight excluding hydrogens is 392 g/mol. The van der Waals surface area contributed by atoms with E-state index in [1.54, 1.807) is 18.9 Å². The highest BCUT2D eigenvalue weighted by Crippen LogP contribution is 2.19. The molecule has 0 spiro atoms. The van der Waals surface area contributed by atoms with E-state index in [2.05, 4.69) is 10.6 Å². The minimum atomic E-state index is -3.79. The number of hydrogen-bond acceptors (Lipinski definition) is 5. The number of benzene rings is 2. The molecule has 0 bridgehead atoms. The van der Waals surface area contributed by atoms with Crippen molar-refractivity contribution < 1.29 is 18.0 Å². The summed E-state index contributed by atoms with van der Waals surface area (Å²) in [6, 6.07) is 10.7. The second-order valence-electron chi connectivity index (χ2n) is 6.96. The maximum absolute atomic E-state index is 12.5. The van der Waals surface area contributed by atoms with Crippen LogP contribution in [0.4, 0.5) is 11.4 Å². The Labute approximate surface area is 171 Å². The summed E-state index contributed by atoms with van der Waals surface area (Å²) in [5.74, 6) is -0.544. The number of hydrogen-bond donors (Lipinski definition) is 3. The van der Waals surface area contributed by atoms with Gasteiger partial charge in [0.2, 0.25) is 21.8 Å². The Bertz CT molecular complexity index is 983. The largest absolute Gasteiger partial charge is 0.325 e. The lowest BCUT2D eigenvalue weighted by Gasteiger charge is -2.23. The number of carbonyl (C=O) groups excluding carboxylic acids is 2. The van der Waals surface area contributed by atoms with Gasteiger partial charge in [0.1, 0.15) is 0 Å². The predicted molar refractivity (Wildman–Crippen MR) is 113 cm³/mol. The Morgan fingerprint density at radius 2 is 1.59 bits per heavy atom. The van der Waals surface area contributed by atoms with E-state index in [0.29, 0.717) is 5.69 Å². The molecule has 156 valence electrons. The number of sulfonamides is 1. The average molecular weight is 419 g/mol. The van der Waals surface area contributed by atoms with Crippen LogP contribution < -0.4 is 15.8 Å². The van der Waals surface area contributed by atoms with Crippen molar-refractivity contribution in [2.45, 2.75) is 31.7 Å². The topological polar surface area (TPSA) is 122 Å². The summed E-state index contributed by atoms with van der Waals surface area (Å²) in [5, 5.41) is 10.6. The standard InChI is InChI=1S/C20H26N4O4S/c1-13-6-5-7-14(2)19(13)23-18(25)12-24(4)15(3)20(26)22-16-8-10-17(11-9-16)29(21,27)28/h5-11,15H,12H2,1-4H3,(H,22,26)(H,23,25)(H2,21,27,28). The first kappa shape index (κ1) is 22.5. The molecule has 29 heavy (non-hydrogen) atoms. The third-order valence-corrected chi connectivity index (χ3v) is 5.56. The van der Waals surface area contributed by atoms with Crippen LogP contribution in [0.5, 0.6) is 0 Å². The van der Waals surface area contributed by atoms with Crippen molar-refractivity contribution in [3.05, 3.63) is 53.6 Å². The fourth-order valence-electron chi connectivity index (χ4n) is 2.73. The highest BCUT2D eigenvalue weighted by molar-refractivity contribution is 7.89. The summed E-state index contributed by atoms with van der Waals surface area (Å²) in [7, 11) is -2.11. The van der Waals surface area contributed by atoms with E-state index in [9.17, 15) is 18.0 Å². The van der Waals surface area contributed by atoms with Gasteiger partial charge < -0.3 is 10.6 Å². The molecule has 1 unspecified atom stereocenters. The molecule has 2 rings (SSSR count). The second-order valence-corrected chi connectivity index (χ2v) is 8.53. The number of primary sulfonamides is 1. The number of nitrogens with one attached hydrogen (secondary N) is 2. The molecule has 1 atom stereocenters. The van der Waals surface area contributed by atoms with Gasteiger partial charge in [0.05, 0.1) is 17.5 Å². The lowest BCUT2D eigenvalue weighted by molar-refractivity contribution is -0.122. The summed E-state index contributed by atoms with van der Waals surface area (Å²) in [6.45, 7) is 5.56. The molecule has 0 aliphatic carbocycles. The van der Waals surface area contributed by atoms with E-state index in [0.717, 1.165) is 16.8 Å². The molecule has 8 nitrogen and oxygen atoms in total. The van der Waals surface area contributed by atoms with Gasteiger partial charge in [-0.25, -0.2) is 13.6 Å². The smallest absolute Gasteiger partial charge is 0.241 e. The highest BCUT2D eigenvalue weighted by atomic mass is 32.2. The molecule has 2 aromatic rings. The number of nitrogens with zero attached hydrogens (tertiary/aromatic N) is 1. The zero-order valence-electron chi connectivity index (χ0n) is 16.9. The van der Waals surface area contributed by atoms with E-state index >= 15 is 0 Å². The predicted octanol–water partition coefficient (Wildman–Crippen LogP) is 1.85. The average Bonchev–Trinajstić information content (AvgIpc) is 2.63. The number of amides is 2. The summed E-state index contributed by atoms with van der Waals surface area (Å²) in [4.78, 5) is 26.4. The van der Waals surface area contributed by atoms with E-state index in [-0.39, 0.29) is 23.3 Å². The van der Waals surface area contributed by atoms with Crippen LogP contribution in [0.1, 0.15) is 18.1 Å². The number of aryl methyl sites for hydroxylation is 2. The molecular formula is C20H26N4O4S. The van der Waals surface area contributed by atoms with E-state index in [1.807, 2.05) is 32.0 Å². The van der Waals surface area contributed by atoms with E-state index < -0.39 is 16.1 Å². The van der Waals surface area contributed by atoms with Gasteiger partial charge >= 0.3 is 0 Å². The Kier molecular flexibility index (Phi) is 7.12. The SMILES string of the molecule is Cc1cccc(C)c1NC(=O)CN(C)C(C)C(=O)Nc1ccc(S(N)(=O)=O)cc1. The number of carbonyl (C=O) groups is 2. The maximum atomic E-state index is 12.5. The second kappa shape index (κ2) is 9.17. The number of para-hydroxylation sites is 1. The van der Waals surface area contributed by atoms with Gasteiger partial charge in [-0.15, -0.1) is 0 Å². The normalized spacial score (nSPS) is 12.5. The summed E-state index contributed by atoms with van der Waals surface area (Å²) >= 11 is 0. The van der Waals surface area contributed by atoms with Crippen LogP contribution >= 0.6 is 0 Å². The van der Waals surface area contributed by atoms with Gasteiger partial charge in [-0.1, -0.05) is 18.2 Å².